The quantitative estimate of drug-likeness (QED) is 0.620. The van der Waals surface area contributed by atoms with Crippen LogP contribution in [0.1, 0.15) is 5.56 Å². The Morgan fingerprint density at radius 3 is 2.50 bits per heavy atom. The molecule has 0 saturated heterocycles. The van der Waals surface area contributed by atoms with Crippen molar-refractivity contribution in [3.63, 3.8) is 0 Å². The van der Waals surface area contributed by atoms with Gasteiger partial charge in [0.15, 0.2) is 0 Å². The standard InChI is InChI=1S/C14H13/c1-3-4-8-13(2)11-12-14-9-6-5-7-10-14/h2-12H,1H2. The summed E-state index contributed by atoms with van der Waals surface area (Å²) < 4.78 is 0. The van der Waals surface area contributed by atoms with Gasteiger partial charge in [0.25, 0.3) is 0 Å². The zero-order chi connectivity index (χ0) is 10.2. The Labute approximate surface area is 85.6 Å². The third-order valence-corrected chi connectivity index (χ3v) is 1.69. The lowest BCUT2D eigenvalue weighted by molar-refractivity contribution is 1.65. The highest BCUT2D eigenvalue weighted by atomic mass is 13.9. The van der Waals surface area contributed by atoms with Crippen molar-refractivity contribution in [1.29, 1.82) is 0 Å². The topological polar surface area (TPSA) is 0 Å². The van der Waals surface area contributed by atoms with Gasteiger partial charge < -0.3 is 0 Å². The number of rotatable bonds is 4. The second-order valence-corrected chi connectivity index (χ2v) is 2.84. The summed E-state index contributed by atoms with van der Waals surface area (Å²) in [5, 5.41) is 0. The molecule has 1 radical (unpaired) electrons. The Morgan fingerprint density at radius 2 is 1.86 bits per heavy atom. The van der Waals surface area contributed by atoms with Crippen LogP contribution in [0.2, 0.25) is 0 Å². The van der Waals surface area contributed by atoms with Crippen molar-refractivity contribution in [3.8, 4) is 0 Å². The van der Waals surface area contributed by atoms with Gasteiger partial charge in [-0.3, -0.25) is 0 Å². The molecule has 69 valence electrons. The summed E-state index contributed by atoms with van der Waals surface area (Å²) in [6, 6.07) is 10.0. The van der Waals surface area contributed by atoms with E-state index >= 15 is 0 Å². The molecule has 0 N–H and O–H groups in total. The SMILES string of the molecule is [CH]=C(C=CC=C)C=Cc1ccccc1. The van der Waals surface area contributed by atoms with Crippen LogP contribution in [0.3, 0.4) is 0 Å². The van der Waals surface area contributed by atoms with E-state index in [4.69, 9.17) is 6.58 Å². The third kappa shape index (κ3) is 3.72. The predicted octanol–water partition coefficient (Wildman–Crippen LogP) is 3.80. The molecule has 1 rings (SSSR count). The first-order valence-corrected chi connectivity index (χ1v) is 4.47. The van der Waals surface area contributed by atoms with Crippen LogP contribution in [0, 0.1) is 6.58 Å². The second-order valence-electron chi connectivity index (χ2n) is 2.84. The molecule has 0 bridgehead atoms. The van der Waals surface area contributed by atoms with E-state index in [9.17, 15) is 0 Å². The van der Waals surface area contributed by atoms with Crippen LogP contribution in [0.4, 0.5) is 0 Å². The largest absolute Gasteiger partial charge is 0.0991 e. The number of benzene rings is 1. The molecule has 1 aromatic carbocycles. The zero-order valence-electron chi connectivity index (χ0n) is 8.06. The van der Waals surface area contributed by atoms with Gasteiger partial charge in [-0.05, 0) is 11.1 Å². The summed E-state index contributed by atoms with van der Waals surface area (Å²) >= 11 is 0. The van der Waals surface area contributed by atoms with Crippen molar-refractivity contribution in [2.45, 2.75) is 0 Å². The average molecular weight is 181 g/mol. The van der Waals surface area contributed by atoms with E-state index in [2.05, 4.69) is 6.58 Å². The highest BCUT2D eigenvalue weighted by Gasteiger charge is 1.83. The Kier molecular flexibility index (Phi) is 4.22. The highest BCUT2D eigenvalue weighted by molar-refractivity contribution is 5.53. The van der Waals surface area contributed by atoms with Gasteiger partial charge in [-0.2, -0.15) is 0 Å². The van der Waals surface area contributed by atoms with Crippen molar-refractivity contribution in [2.24, 2.45) is 0 Å². The van der Waals surface area contributed by atoms with Gasteiger partial charge in [-0.15, -0.1) is 0 Å². The van der Waals surface area contributed by atoms with E-state index in [0.717, 1.165) is 5.56 Å². The van der Waals surface area contributed by atoms with Gasteiger partial charge in [-0.1, -0.05) is 73.9 Å². The van der Waals surface area contributed by atoms with E-state index in [1.165, 1.54) is 0 Å². The molecule has 0 aliphatic heterocycles. The molecule has 0 spiro atoms. The van der Waals surface area contributed by atoms with Gasteiger partial charge in [0.2, 0.25) is 0 Å². The summed E-state index contributed by atoms with van der Waals surface area (Å²) in [6.07, 6.45) is 9.17. The lowest BCUT2D eigenvalue weighted by Crippen LogP contribution is -1.70. The number of hydrogen-bond acceptors (Lipinski definition) is 0. The molecule has 0 aliphatic carbocycles. The molecule has 0 aliphatic rings. The zero-order valence-corrected chi connectivity index (χ0v) is 8.06. The van der Waals surface area contributed by atoms with Crippen molar-refractivity contribution in [3.05, 3.63) is 78.9 Å². The van der Waals surface area contributed by atoms with E-state index in [1.54, 1.807) is 6.08 Å². The molecule has 0 heteroatoms. The molecular weight excluding hydrogens is 168 g/mol. The van der Waals surface area contributed by atoms with Gasteiger partial charge in [0.1, 0.15) is 0 Å². The van der Waals surface area contributed by atoms with Gasteiger partial charge in [0.05, 0.1) is 0 Å². The molecule has 0 heterocycles. The molecule has 0 aromatic heterocycles. The van der Waals surface area contributed by atoms with E-state index in [0.29, 0.717) is 5.57 Å². The molecule has 0 unspecified atom stereocenters. The van der Waals surface area contributed by atoms with Crippen molar-refractivity contribution >= 4 is 6.08 Å². The summed E-state index contributed by atoms with van der Waals surface area (Å²) in [5.41, 5.74) is 1.86. The summed E-state index contributed by atoms with van der Waals surface area (Å²) in [7, 11) is 0. The van der Waals surface area contributed by atoms with Crippen LogP contribution in [-0.2, 0) is 0 Å². The van der Waals surface area contributed by atoms with Gasteiger partial charge in [-0.25, -0.2) is 0 Å². The van der Waals surface area contributed by atoms with Crippen LogP contribution in [0.25, 0.3) is 6.08 Å². The van der Waals surface area contributed by atoms with Crippen molar-refractivity contribution in [2.75, 3.05) is 0 Å². The number of allylic oxidation sites excluding steroid dienone is 5. The monoisotopic (exact) mass is 181 g/mol. The molecule has 0 amide bonds. The molecule has 0 fully saturated rings. The fourth-order valence-corrected chi connectivity index (χ4v) is 0.991. The Balaban J connectivity index is 2.60. The predicted molar refractivity (Wildman–Crippen MR) is 62.6 cm³/mol. The van der Waals surface area contributed by atoms with E-state index in [1.807, 2.05) is 54.6 Å². The van der Waals surface area contributed by atoms with E-state index < -0.39 is 0 Å². The minimum absolute atomic E-state index is 0.716. The van der Waals surface area contributed by atoms with Crippen LogP contribution in [-0.4, -0.2) is 0 Å². The molecule has 1 aromatic rings. The maximum Gasteiger partial charge on any atom is -0.0256 e. The smallest absolute Gasteiger partial charge is 0.0256 e. The average Bonchev–Trinajstić information content (AvgIpc) is 2.25. The lowest BCUT2D eigenvalue weighted by atomic mass is 10.1. The fraction of sp³-hybridized carbons (Fsp3) is 0. The molecule has 14 heavy (non-hydrogen) atoms. The van der Waals surface area contributed by atoms with Crippen LogP contribution in [0.15, 0.2) is 66.8 Å². The first-order valence-electron chi connectivity index (χ1n) is 4.47. The maximum absolute atomic E-state index is 5.70. The van der Waals surface area contributed by atoms with Crippen LogP contribution < -0.4 is 0 Å². The third-order valence-electron chi connectivity index (χ3n) is 1.69. The summed E-state index contributed by atoms with van der Waals surface area (Å²) in [4.78, 5) is 0. The molecule has 0 atom stereocenters. The van der Waals surface area contributed by atoms with Crippen LogP contribution >= 0.6 is 0 Å². The summed E-state index contributed by atoms with van der Waals surface area (Å²) in [6.45, 7) is 9.27. The van der Waals surface area contributed by atoms with Crippen molar-refractivity contribution in [1.82, 2.24) is 0 Å². The lowest BCUT2D eigenvalue weighted by Gasteiger charge is -1.91. The first kappa shape index (κ1) is 10.3. The highest BCUT2D eigenvalue weighted by Crippen LogP contribution is 2.04. The van der Waals surface area contributed by atoms with Crippen molar-refractivity contribution < 1.29 is 0 Å². The Hall–Kier alpha value is -1.82. The Morgan fingerprint density at radius 1 is 1.14 bits per heavy atom. The van der Waals surface area contributed by atoms with Gasteiger partial charge in [0, 0.05) is 0 Å². The molecule has 0 saturated carbocycles. The Bertz CT molecular complexity index is 353. The normalized spacial score (nSPS) is 10.9. The minimum atomic E-state index is 0.716. The van der Waals surface area contributed by atoms with Gasteiger partial charge >= 0.3 is 0 Å². The first-order chi connectivity index (χ1) is 6.83. The molecule has 0 nitrogen and oxygen atoms in total. The fourth-order valence-electron chi connectivity index (χ4n) is 0.991. The van der Waals surface area contributed by atoms with Crippen LogP contribution in [0.5, 0.6) is 0 Å². The summed E-state index contributed by atoms with van der Waals surface area (Å²) in [5.74, 6) is 0. The van der Waals surface area contributed by atoms with E-state index in [-0.39, 0.29) is 0 Å². The minimum Gasteiger partial charge on any atom is -0.0991 e. The second kappa shape index (κ2) is 5.76. The number of hydrogen-bond donors (Lipinski definition) is 0. The maximum atomic E-state index is 5.70. The molecular formula is C14H13.